The van der Waals surface area contributed by atoms with Gasteiger partial charge < -0.3 is 15.6 Å². The first-order valence-corrected chi connectivity index (χ1v) is 7.08. The van der Waals surface area contributed by atoms with Gasteiger partial charge in [-0.05, 0) is 39.2 Å². The zero-order chi connectivity index (χ0) is 14.6. The van der Waals surface area contributed by atoms with E-state index in [1.807, 2.05) is 19.9 Å². The SMILES string of the molecule is CCn1c(C)cc(C(=O)NC(CN)CC(C)C)c1C. The molecule has 0 fully saturated rings. The van der Waals surface area contributed by atoms with E-state index < -0.39 is 0 Å². The summed E-state index contributed by atoms with van der Waals surface area (Å²) in [4.78, 5) is 12.3. The van der Waals surface area contributed by atoms with Gasteiger partial charge in [0.2, 0.25) is 0 Å². The van der Waals surface area contributed by atoms with Crippen molar-refractivity contribution in [3.05, 3.63) is 23.0 Å². The molecule has 0 saturated carbocycles. The van der Waals surface area contributed by atoms with Crippen molar-refractivity contribution in [2.45, 2.75) is 53.6 Å². The third-order valence-corrected chi connectivity index (χ3v) is 3.51. The van der Waals surface area contributed by atoms with E-state index in [2.05, 4.69) is 30.7 Å². The van der Waals surface area contributed by atoms with Crippen molar-refractivity contribution in [3.8, 4) is 0 Å². The Morgan fingerprint density at radius 3 is 2.47 bits per heavy atom. The highest BCUT2D eigenvalue weighted by atomic mass is 16.1. The number of aromatic nitrogens is 1. The van der Waals surface area contributed by atoms with Crippen LogP contribution in [0, 0.1) is 19.8 Å². The Kier molecular flexibility index (Phi) is 5.60. The van der Waals surface area contributed by atoms with Crippen LogP contribution < -0.4 is 11.1 Å². The minimum absolute atomic E-state index is 0.0103. The van der Waals surface area contributed by atoms with Gasteiger partial charge in [-0.1, -0.05) is 13.8 Å². The van der Waals surface area contributed by atoms with Crippen molar-refractivity contribution in [2.75, 3.05) is 6.54 Å². The maximum absolute atomic E-state index is 12.3. The van der Waals surface area contributed by atoms with Crippen LogP contribution in [-0.4, -0.2) is 23.1 Å². The van der Waals surface area contributed by atoms with Gasteiger partial charge in [0, 0.05) is 30.5 Å². The standard InChI is InChI=1S/C15H27N3O/c1-6-18-11(4)8-14(12(18)5)15(19)17-13(9-16)7-10(2)3/h8,10,13H,6-7,9,16H2,1-5H3,(H,17,19). The maximum atomic E-state index is 12.3. The number of hydrogen-bond acceptors (Lipinski definition) is 2. The molecule has 1 aromatic rings. The second kappa shape index (κ2) is 6.75. The van der Waals surface area contributed by atoms with Gasteiger partial charge in [-0.15, -0.1) is 0 Å². The normalized spacial score (nSPS) is 12.8. The van der Waals surface area contributed by atoms with Crippen molar-refractivity contribution in [1.82, 2.24) is 9.88 Å². The average molecular weight is 265 g/mol. The molecule has 4 nitrogen and oxygen atoms in total. The molecule has 0 aliphatic rings. The number of aryl methyl sites for hydroxylation is 1. The first-order valence-electron chi connectivity index (χ1n) is 7.08. The average Bonchev–Trinajstić information content (AvgIpc) is 2.62. The third kappa shape index (κ3) is 3.83. The number of carbonyl (C=O) groups excluding carboxylic acids is 1. The van der Waals surface area contributed by atoms with E-state index >= 15 is 0 Å². The van der Waals surface area contributed by atoms with E-state index in [9.17, 15) is 4.79 Å². The molecule has 0 spiro atoms. The van der Waals surface area contributed by atoms with Crippen molar-refractivity contribution >= 4 is 5.91 Å². The molecule has 19 heavy (non-hydrogen) atoms. The fourth-order valence-corrected chi connectivity index (χ4v) is 2.56. The lowest BCUT2D eigenvalue weighted by Crippen LogP contribution is -2.41. The molecule has 1 atom stereocenters. The maximum Gasteiger partial charge on any atom is 0.253 e. The lowest BCUT2D eigenvalue weighted by atomic mass is 10.0. The highest BCUT2D eigenvalue weighted by molar-refractivity contribution is 5.95. The Labute approximate surface area is 116 Å². The van der Waals surface area contributed by atoms with Crippen LogP contribution in [0.3, 0.4) is 0 Å². The summed E-state index contributed by atoms with van der Waals surface area (Å²) in [5.41, 5.74) is 8.64. The summed E-state index contributed by atoms with van der Waals surface area (Å²) in [5.74, 6) is 0.515. The van der Waals surface area contributed by atoms with Gasteiger partial charge in [-0.3, -0.25) is 4.79 Å². The molecule has 3 N–H and O–H groups in total. The summed E-state index contributed by atoms with van der Waals surface area (Å²) < 4.78 is 2.15. The number of hydrogen-bond donors (Lipinski definition) is 2. The summed E-state index contributed by atoms with van der Waals surface area (Å²) in [7, 11) is 0. The molecule has 1 heterocycles. The smallest absolute Gasteiger partial charge is 0.253 e. The summed E-state index contributed by atoms with van der Waals surface area (Å²) in [5, 5.41) is 3.04. The molecule has 1 amide bonds. The van der Waals surface area contributed by atoms with E-state index in [1.54, 1.807) is 0 Å². The predicted molar refractivity (Wildman–Crippen MR) is 79.3 cm³/mol. The molecule has 1 rings (SSSR count). The Bertz CT molecular complexity index is 435. The van der Waals surface area contributed by atoms with Crippen LogP contribution in [0.1, 0.15) is 48.9 Å². The van der Waals surface area contributed by atoms with Crippen molar-refractivity contribution in [2.24, 2.45) is 11.7 Å². The van der Waals surface area contributed by atoms with Gasteiger partial charge in [0.05, 0.1) is 5.56 Å². The van der Waals surface area contributed by atoms with Gasteiger partial charge in [-0.25, -0.2) is 0 Å². The Morgan fingerprint density at radius 1 is 1.42 bits per heavy atom. The molecule has 0 aliphatic carbocycles. The Hall–Kier alpha value is -1.29. The van der Waals surface area contributed by atoms with Gasteiger partial charge in [-0.2, -0.15) is 0 Å². The first-order chi connectivity index (χ1) is 8.90. The molecule has 0 saturated heterocycles. The number of nitrogens with zero attached hydrogens (tertiary/aromatic N) is 1. The third-order valence-electron chi connectivity index (χ3n) is 3.51. The molecule has 1 unspecified atom stereocenters. The molecular weight excluding hydrogens is 238 g/mol. The molecule has 4 heteroatoms. The molecule has 108 valence electrons. The van der Waals surface area contributed by atoms with Crippen molar-refractivity contribution < 1.29 is 4.79 Å². The van der Waals surface area contributed by atoms with Gasteiger partial charge in [0.25, 0.3) is 5.91 Å². The topological polar surface area (TPSA) is 60.0 Å². The molecule has 1 aromatic heterocycles. The van der Waals surface area contributed by atoms with E-state index in [0.717, 1.165) is 29.9 Å². The number of rotatable bonds is 6. The largest absolute Gasteiger partial charge is 0.349 e. The number of amides is 1. The molecular formula is C15H27N3O. The van der Waals surface area contributed by atoms with Gasteiger partial charge in [0.15, 0.2) is 0 Å². The zero-order valence-corrected chi connectivity index (χ0v) is 12.8. The van der Waals surface area contributed by atoms with E-state index in [-0.39, 0.29) is 11.9 Å². The van der Waals surface area contributed by atoms with E-state index in [4.69, 9.17) is 5.73 Å². The highest BCUT2D eigenvalue weighted by Crippen LogP contribution is 2.15. The second-order valence-corrected chi connectivity index (χ2v) is 5.56. The van der Waals surface area contributed by atoms with Crippen LogP contribution in [0.15, 0.2) is 6.07 Å². The summed E-state index contributed by atoms with van der Waals surface area (Å²) in [6, 6.07) is 2.01. The predicted octanol–water partition coefficient (Wildman–Crippen LogP) is 2.23. The zero-order valence-electron chi connectivity index (χ0n) is 12.8. The van der Waals surface area contributed by atoms with Crippen molar-refractivity contribution in [3.63, 3.8) is 0 Å². The lowest BCUT2D eigenvalue weighted by molar-refractivity contribution is 0.0933. The van der Waals surface area contributed by atoms with Gasteiger partial charge in [0.1, 0.15) is 0 Å². The highest BCUT2D eigenvalue weighted by Gasteiger charge is 2.18. The molecule has 0 bridgehead atoms. The molecule has 0 radical (unpaired) electrons. The van der Waals surface area contributed by atoms with Crippen molar-refractivity contribution in [1.29, 1.82) is 0 Å². The quantitative estimate of drug-likeness (QED) is 0.828. The van der Waals surface area contributed by atoms with Gasteiger partial charge >= 0.3 is 0 Å². The molecule has 0 aromatic carbocycles. The van der Waals surface area contributed by atoms with Crippen LogP contribution in [0.2, 0.25) is 0 Å². The fourth-order valence-electron chi connectivity index (χ4n) is 2.56. The first kappa shape index (κ1) is 15.8. The summed E-state index contributed by atoms with van der Waals surface area (Å²) in [6.45, 7) is 11.7. The summed E-state index contributed by atoms with van der Waals surface area (Å²) >= 11 is 0. The minimum atomic E-state index is -0.0103. The number of carbonyl (C=O) groups is 1. The van der Waals surface area contributed by atoms with Crippen LogP contribution in [0.25, 0.3) is 0 Å². The lowest BCUT2D eigenvalue weighted by Gasteiger charge is -2.18. The number of nitrogens with two attached hydrogens (primary N) is 1. The Balaban J connectivity index is 2.83. The monoisotopic (exact) mass is 265 g/mol. The van der Waals surface area contributed by atoms with Crippen LogP contribution in [0.5, 0.6) is 0 Å². The number of nitrogens with one attached hydrogen (secondary N) is 1. The van der Waals surface area contributed by atoms with Crippen LogP contribution in [-0.2, 0) is 6.54 Å². The van der Waals surface area contributed by atoms with E-state index in [0.29, 0.717) is 12.5 Å². The Morgan fingerprint density at radius 2 is 2.05 bits per heavy atom. The molecule has 0 aliphatic heterocycles. The second-order valence-electron chi connectivity index (χ2n) is 5.56. The van der Waals surface area contributed by atoms with Crippen LogP contribution in [0.4, 0.5) is 0 Å². The fraction of sp³-hybridized carbons (Fsp3) is 0.667. The summed E-state index contributed by atoms with van der Waals surface area (Å²) in [6.07, 6.45) is 0.911. The minimum Gasteiger partial charge on any atom is -0.349 e. The van der Waals surface area contributed by atoms with Crippen LogP contribution >= 0.6 is 0 Å². The van der Waals surface area contributed by atoms with E-state index in [1.165, 1.54) is 0 Å².